The van der Waals surface area contributed by atoms with Crippen LogP contribution < -0.4 is 10.2 Å². The molecule has 2 aliphatic heterocycles. The van der Waals surface area contributed by atoms with E-state index in [2.05, 4.69) is 15.1 Å². The number of halogens is 4. The van der Waals surface area contributed by atoms with Gasteiger partial charge in [-0.2, -0.15) is 0 Å². The van der Waals surface area contributed by atoms with Crippen LogP contribution in [0, 0.1) is 17.6 Å². The number of likely N-dealkylation sites (tertiary alicyclic amines) is 1. The number of piperidine rings is 2. The van der Waals surface area contributed by atoms with E-state index in [0.717, 1.165) is 56.5 Å². The highest BCUT2D eigenvalue weighted by Gasteiger charge is 2.25. The first kappa shape index (κ1) is 23.6. The number of nitrogens with zero attached hydrogens (tertiary/aromatic N) is 2. The molecule has 2 aliphatic rings. The van der Waals surface area contributed by atoms with Gasteiger partial charge in [0.1, 0.15) is 11.6 Å². The highest BCUT2D eigenvalue weighted by atomic mass is 35.5. The number of anilines is 2. The molecule has 4 rings (SSSR count). The Bertz CT molecular complexity index is 895. The van der Waals surface area contributed by atoms with Gasteiger partial charge in [-0.1, -0.05) is 35.7 Å². The van der Waals surface area contributed by atoms with Crippen LogP contribution >= 0.6 is 23.2 Å². The summed E-state index contributed by atoms with van der Waals surface area (Å²) in [6, 6.07) is 7.72. The molecule has 2 heterocycles. The number of rotatable bonds is 7. The Hall–Kier alpha value is -1.56. The van der Waals surface area contributed by atoms with E-state index in [1.54, 1.807) is 6.07 Å². The second kappa shape index (κ2) is 11.0. The van der Waals surface area contributed by atoms with E-state index in [-0.39, 0.29) is 5.92 Å². The molecule has 2 aromatic rings. The third kappa shape index (κ3) is 6.06. The Balaban J connectivity index is 1.37. The number of hydrogen-bond acceptors (Lipinski definition) is 3. The Labute approximate surface area is 199 Å². The third-order valence-electron chi connectivity index (χ3n) is 6.58. The van der Waals surface area contributed by atoms with Crippen molar-refractivity contribution in [1.29, 1.82) is 0 Å². The molecule has 0 saturated carbocycles. The molecule has 2 saturated heterocycles. The van der Waals surface area contributed by atoms with Crippen LogP contribution in [0.15, 0.2) is 30.3 Å². The zero-order valence-electron chi connectivity index (χ0n) is 18.4. The Morgan fingerprint density at radius 2 is 1.69 bits per heavy atom. The summed E-state index contributed by atoms with van der Waals surface area (Å²) >= 11 is 13.3. The summed E-state index contributed by atoms with van der Waals surface area (Å²) in [6.45, 7) is 5.85. The minimum absolute atomic E-state index is 0.262. The van der Waals surface area contributed by atoms with E-state index >= 15 is 0 Å². The molecule has 0 spiro atoms. The zero-order chi connectivity index (χ0) is 22.5. The van der Waals surface area contributed by atoms with Crippen molar-refractivity contribution in [3.05, 3.63) is 57.6 Å². The summed E-state index contributed by atoms with van der Waals surface area (Å²) in [4.78, 5) is 4.70. The predicted molar refractivity (Wildman–Crippen MR) is 130 cm³/mol. The quantitative estimate of drug-likeness (QED) is 0.478. The summed E-state index contributed by atoms with van der Waals surface area (Å²) in [5, 5.41) is 4.72. The first-order valence-corrected chi connectivity index (χ1v) is 12.4. The van der Waals surface area contributed by atoms with Gasteiger partial charge in [-0.15, -0.1) is 0 Å². The molecule has 2 aromatic carbocycles. The molecular weight excluding hydrogens is 451 g/mol. The van der Waals surface area contributed by atoms with Crippen LogP contribution in [0.1, 0.15) is 37.7 Å². The van der Waals surface area contributed by atoms with Crippen molar-refractivity contribution in [3.63, 3.8) is 0 Å². The van der Waals surface area contributed by atoms with E-state index in [9.17, 15) is 8.78 Å². The fourth-order valence-corrected chi connectivity index (χ4v) is 5.67. The van der Waals surface area contributed by atoms with Gasteiger partial charge in [0, 0.05) is 37.9 Å². The molecule has 1 atom stereocenters. The second-order valence-corrected chi connectivity index (χ2v) is 9.83. The van der Waals surface area contributed by atoms with Crippen molar-refractivity contribution in [1.82, 2.24) is 4.90 Å². The average Bonchev–Trinajstić information content (AvgIpc) is 2.76. The van der Waals surface area contributed by atoms with Crippen LogP contribution in [-0.4, -0.2) is 44.2 Å². The van der Waals surface area contributed by atoms with Gasteiger partial charge in [0.05, 0.1) is 15.7 Å². The number of hydrogen-bond donors (Lipinski definition) is 1. The minimum atomic E-state index is -0.542. The molecule has 0 aromatic heterocycles. The van der Waals surface area contributed by atoms with Crippen LogP contribution in [0.2, 0.25) is 10.0 Å². The van der Waals surface area contributed by atoms with E-state index in [0.29, 0.717) is 22.0 Å². The lowest BCUT2D eigenvalue weighted by atomic mass is 9.90. The molecule has 1 unspecified atom stereocenters. The highest BCUT2D eigenvalue weighted by molar-refractivity contribution is 6.39. The van der Waals surface area contributed by atoms with Gasteiger partial charge < -0.3 is 15.1 Å². The van der Waals surface area contributed by atoms with Crippen molar-refractivity contribution >= 4 is 34.6 Å². The molecule has 3 nitrogen and oxygen atoms in total. The van der Waals surface area contributed by atoms with Crippen molar-refractivity contribution in [2.24, 2.45) is 5.92 Å². The predicted octanol–water partition coefficient (Wildman–Crippen LogP) is 6.63. The summed E-state index contributed by atoms with van der Waals surface area (Å²) in [5.74, 6) is -0.754. The maximum atomic E-state index is 14.1. The van der Waals surface area contributed by atoms with E-state index in [4.69, 9.17) is 23.2 Å². The number of nitrogens with one attached hydrogen (secondary N) is 1. The molecule has 174 valence electrons. The average molecular weight is 482 g/mol. The van der Waals surface area contributed by atoms with Crippen LogP contribution in [0.25, 0.3) is 0 Å². The van der Waals surface area contributed by atoms with Gasteiger partial charge in [0.15, 0.2) is 0 Å². The lowest BCUT2D eigenvalue weighted by Crippen LogP contribution is -2.36. The first-order chi connectivity index (χ1) is 15.5. The summed E-state index contributed by atoms with van der Waals surface area (Å²) in [6.07, 6.45) is 6.48. The third-order valence-corrected chi connectivity index (χ3v) is 7.16. The maximum absolute atomic E-state index is 14.1. The van der Waals surface area contributed by atoms with Crippen LogP contribution in [0.3, 0.4) is 0 Å². The lowest BCUT2D eigenvalue weighted by molar-refractivity contribution is 0.237. The van der Waals surface area contributed by atoms with Gasteiger partial charge in [0.2, 0.25) is 0 Å². The van der Waals surface area contributed by atoms with E-state index < -0.39 is 11.6 Å². The Morgan fingerprint density at radius 3 is 2.41 bits per heavy atom. The molecule has 0 amide bonds. The molecule has 0 aliphatic carbocycles. The standard InChI is InChI=1S/C25H31Cl2F2N3/c26-22-15-21(30-8-12-31-9-2-1-3-10-31)16-23(27)25(22)32-11-4-5-18(17-32)13-19-6-7-20(28)14-24(19)29/h6-7,14-16,18,30H,1-5,8-13,17H2. The summed E-state index contributed by atoms with van der Waals surface area (Å²) in [7, 11) is 0. The Kier molecular flexibility index (Phi) is 8.14. The van der Waals surface area contributed by atoms with Gasteiger partial charge in [0.25, 0.3) is 0 Å². The normalized spacial score (nSPS) is 19.9. The van der Waals surface area contributed by atoms with Gasteiger partial charge >= 0.3 is 0 Å². The fourth-order valence-electron chi connectivity index (χ4n) is 4.94. The topological polar surface area (TPSA) is 18.5 Å². The smallest absolute Gasteiger partial charge is 0.129 e. The first-order valence-electron chi connectivity index (χ1n) is 11.6. The lowest BCUT2D eigenvalue weighted by Gasteiger charge is -2.35. The minimum Gasteiger partial charge on any atom is -0.384 e. The monoisotopic (exact) mass is 481 g/mol. The highest BCUT2D eigenvalue weighted by Crippen LogP contribution is 2.39. The molecule has 7 heteroatoms. The van der Waals surface area contributed by atoms with E-state index in [1.165, 1.54) is 38.4 Å². The molecule has 32 heavy (non-hydrogen) atoms. The van der Waals surface area contributed by atoms with Gasteiger partial charge in [-0.25, -0.2) is 8.78 Å². The van der Waals surface area contributed by atoms with Crippen LogP contribution in [0.4, 0.5) is 20.2 Å². The molecule has 2 fully saturated rings. The summed E-state index contributed by atoms with van der Waals surface area (Å²) < 4.78 is 27.3. The largest absolute Gasteiger partial charge is 0.384 e. The summed E-state index contributed by atoms with van der Waals surface area (Å²) in [5.41, 5.74) is 2.34. The van der Waals surface area contributed by atoms with E-state index in [1.807, 2.05) is 12.1 Å². The van der Waals surface area contributed by atoms with Crippen molar-refractivity contribution in [3.8, 4) is 0 Å². The maximum Gasteiger partial charge on any atom is 0.129 e. The number of benzene rings is 2. The second-order valence-electron chi connectivity index (χ2n) is 9.01. The molecule has 0 bridgehead atoms. The van der Waals surface area contributed by atoms with Crippen LogP contribution in [0.5, 0.6) is 0 Å². The zero-order valence-corrected chi connectivity index (χ0v) is 19.9. The molecule has 0 radical (unpaired) electrons. The van der Waals surface area contributed by atoms with Gasteiger partial charge in [-0.3, -0.25) is 0 Å². The van der Waals surface area contributed by atoms with Crippen molar-refractivity contribution in [2.75, 3.05) is 49.5 Å². The molecular formula is C25H31Cl2F2N3. The SMILES string of the molecule is Fc1ccc(CC2CCCN(c3c(Cl)cc(NCCN4CCCCC4)cc3Cl)C2)c(F)c1. The molecule has 1 N–H and O–H groups in total. The fraction of sp³-hybridized carbons (Fsp3) is 0.520. The van der Waals surface area contributed by atoms with Crippen LogP contribution in [-0.2, 0) is 6.42 Å². The van der Waals surface area contributed by atoms with Gasteiger partial charge in [-0.05, 0) is 74.9 Å². The van der Waals surface area contributed by atoms with Crippen molar-refractivity contribution < 1.29 is 8.78 Å². The van der Waals surface area contributed by atoms with Crippen molar-refractivity contribution in [2.45, 2.75) is 38.5 Å². The Morgan fingerprint density at radius 1 is 0.938 bits per heavy atom.